The lowest BCUT2D eigenvalue weighted by Gasteiger charge is -2.07. The first kappa shape index (κ1) is 11.1. The molecule has 0 unspecified atom stereocenters. The average Bonchev–Trinajstić information content (AvgIpc) is 2.25. The lowest BCUT2D eigenvalue weighted by atomic mass is 10.2. The zero-order valence-electron chi connectivity index (χ0n) is 8.96. The third-order valence-corrected chi connectivity index (χ3v) is 2.95. The molecule has 1 aromatic rings. The Morgan fingerprint density at radius 2 is 2.14 bits per heavy atom. The number of aryl methyl sites for hydroxylation is 2. The number of nitrogen functional groups attached to an aromatic ring is 1. The summed E-state index contributed by atoms with van der Waals surface area (Å²) in [6.45, 7) is 6.09. The third kappa shape index (κ3) is 2.09. The number of nitrogens with zero attached hydrogens (tertiary/aromatic N) is 2. The van der Waals surface area contributed by atoms with Gasteiger partial charge in [-0.15, -0.1) is 11.8 Å². The molecule has 0 radical (unpaired) electrons. The van der Waals surface area contributed by atoms with Crippen molar-refractivity contribution in [2.45, 2.75) is 31.0 Å². The van der Waals surface area contributed by atoms with Crippen molar-refractivity contribution in [1.29, 1.82) is 5.41 Å². The molecule has 1 heterocycles. The molecule has 0 aliphatic rings. The molecule has 0 aromatic carbocycles. The Morgan fingerprint density at radius 1 is 1.57 bits per heavy atom. The summed E-state index contributed by atoms with van der Waals surface area (Å²) in [7, 11) is 1.88. The molecular formula is C9H16N4S. The number of aromatic nitrogens is 2. The summed E-state index contributed by atoms with van der Waals surface area (Å²) in [6, 6.07) is 0. The quantitative estimate of drug-likeness (QED) is 0.453. The van der Waals surface area contributed by atoms with Crippen molar-refractivity contribution in [2.24, 2.45) is 12.8 Å². The van der Waals surface area contributed by atoms with Crippen LogP contribution in [-0.2, 0) is 7.05 Å². The van der Waals surface area contributed by atoms with E-state index in [-0.39, 0.29) is 5.84 Å². The molecule has 14 heavy (non-hydrogen) atoms. The molecule has 3 N–H and O–H groups in total. The number of hydrogen-bond acceptors (Lipinski definition) is 3. The highest BCUT2D eigenvalue weighted by atomic mass is 32.2. The fourth-order valence-corrected chi connectivity index (χ4v) is 2.32. The lowest BCUT2D eigenvalue weighted by molar-refractivity contribution is 0.690. The van der Waals surface area contributed by atoms with E-state index in [1.807, 2.05) is 14.0 Å². The van der Waals surface area contributed by atoms with Crippen LogP contribution in [0.4, 0.5) is 0 Å². The van der Waals surface area contributed by atoms with Crippen LogP contribution >= 0.6 is 11.8 Å². The highest BCUT2D eigenvalue weighted by Gasteiger charge is 2.16. The van der Waals surface area contributed by atoms with Gasteiger partial charge >= 0.3 is 0 Å². The Balaban J connectivity index is 3.18. The highest BCUT2D eigenvalue weighted by molar-refractivity contribution is 7.99. The Morgan fingerprint density at radius 3 is 2.57 bits per heavy atom. The maximum Gasteiger partial charge on any atom is 0.127 e. The molecule has 0 saturated heterocycles. The summed E-state index contributed by atoms with van der Waals surface area (Å²) in [5.41, 5.74) is 7.11. The summed E-state index contributed by atoms with van der Waals surface area (Å²) in [5.74, 6) is 0.0961. The molecule has 1 rings (SSSR count). The molecule has 0 atom stereocenters. The number of nitrogens with one attached hydrogen (secondary N) is 1. The Kier molecular flexibility index (Phi) is 3.21. The second kappa shape index (κ2) is 4.04. The van der Waals surface area contributed by atoms with Gasteiger partial charge in [-0.25, -0.2) is 0 Å². The van der Waals surface area contributed by atoms with Gasteiger partial charge in [-0.3, -0.25) is 10.1 Å². The van der Waals surface area contributed by atoms with Crippen LogP contribution in [0.5, 0.6) is 0 Å². The minimum Gasteiger partial charge on any atom is -0.384 e. The number of rotatable bonds is 3. The van der Waals surface area contributed by atoms with E-state index in [9.17, 15) is 0 Å². The first-order chi connectivity index (χ1) is 6.43. The van der Waals surface area contributed by atoms with Crippen LogP contribution in [0.3, 0.4) is 0 Å². The summed E-state index contributed by atoms with van der Waals surface area (Å²) in [6.07, 6.45) is 0. The van der Waals surface area contributed by atoms with Crippen molar-refractivity contribution in [3.05, 3.63) is 11.3 Å². The van der Waals surface area contributed by atoms with Gasteiger partial charge in [-0.05, 0) is 6.92 Å². The molecule has 0 fully saturated rings. The third-order valence-electron chi connectivity index (χ3n) is 1.79. The fraction of sp³-hybridized carbons (Fsp3) is 0.556. The second-order valence-corrected chi connectivity index (χ2v) is 5.03. The van der Waals surface area contributed by atoms with Crippen molar-refractivity contribution < 1.29 is 0 Å². The number of nitrogens with two attached hydrogens (primary N) is 1. The van der Waals surface area contributed by atoms with Gasteiger partial charge in [0.05, 0.1) is 11.3 Å². The van der Waals surface area contributed by atoms with Gasteiger partial charge in [0.25, 0.3) is 0 Å². The largest absolute Gasteiger partial charge is 0.384 e. The van der Waals surface area contributed by atoms with Crippen LogP contribution in [0.25, 0.3) is 0 Å². The first-order valence-electron chi connectivity index (χ1n) is 4.48. The first-order valence-corrected chi connectivity index (χ1v) is 5.36. The van der Waals surface area contributed by atoms with E-state index in [4.69, 9.17) is 11.1 Å². The molecule has 4 nitrogen and oxygen atoms in total. The van der Waals surface area contributed by atoms with Crippen molar-refractivity contribution in [1.82, 2.24) is 9.78 Å². The molecule has 0 saturated carbocycles. The standard InChI is InChI=1S/C9H16N4S/c1-5(2)14-9-7(8(10)11)6(3)12-13(9)4/h5H,1-4H3,(H3,10,11). The zero-order valence-corrected chi connectivity index (χ0v) is 9.77. The molecule has 78 valence electrons. The molecule has 0 aliphatic heterocycles. The van der Waals surface area contributed by atoms with Crippen molar-refractivity contribution >= 4 is 17.6 Å². The van der Waals surface area contributed by atoms with E-state index in [2.05, 4.69) is 18.9 Å². The number of thioether (sulfide) groups is 1. The van der Waals surface area contributed by atoms with Crippen molar-refractivity contribution in [3.8, 4) is 0 Å². The van der Waals surface area contributed by atoms with Crippen LogP contribution in [0, 0.1) is 12.3 Å². The van der Waals surface area contributed by atoms with Crippen molar-refractivity contribution in [2.75, 3.05) is 0 Å². The van der Waals surface area contributed by atoms with Crippen LogP contribution in [0.15, 0.2) is 5.03 Å². The normalized spacial score (nSPS) is 10.9. The van der Waals surface area contributed by atoms with Gasteiger partial charge in [0.1, 0.15) is 10.9 Å². The Bertz CT molecular complexity index is 354. The van der Waals surface area contributed by atoms with Gasteiger partial charge in [-0.1, -0.05) is 13.8 Å². The fourth-order valence-electron chi connectivity index (χ4n) is 1.31. The summed E-state index contributed by atoms with van der Waals surface area (Å²) >= 11 is 1.68. The molecule has 0 spiro atoms. The van der Waals surface area contributed by atoms with Gasteiger partial charge in [0.2, 0.25) is 0 Å². The minimum absolute atomic E-state index is 0.0961. The lowest BCUT2D eigenvalue weighted by Crippen LogP contribution is -2.13. The molecular weight excluding hydrogens is 196 g/mol. The summed E-state index contributed by atoms with van der Waals surface area (Å²) in [5, 5.41) is 13.2. The van der Waals surface area contributed by atoms with Crippen LogP contribution in [0.2, 0.25) is 0 Å². The predicted molar refractivity (Wildman–Crippen MR) is 60.0 cm³/mol. The Labute approximate surface area is 88.4 Å². The maximum absolute atomic E-state index is 7.49. The molecule has 0 bridgehead atoms. The van der Waals surface area contributed by atoms with E-state index in [0.29, 0.717) is 5.25 Å². The van der Waals surface area contributed by atoms with E-state index < -0.39 is 0 Å². The SMILES string of the molecule is Cc1nn(C)c(SC(C)C)c1C(=N)N. The smallest absolute Gasteiger partial charge is 0.127 e. The van der Waals surface area contributed by atoms with Gasteiger partial charge < -0.3 is 5.73 Å². The molecule has 5 heteroatoms. The van der Waals surface area contributed by atoms with E-state index in [1.54, 1.807) is 16.4 Å². The monoisotopic (exact) mass is 212 g/mol. The summed E-state index contributed by atoms with van der Waals surface area (Å²) < 4.78 is 1.79. The van der Waals surface area contributed by atoms with Crippen molar-refractivity contribution in [3.63, 3.8) is 0 Å². The van der Waals surface area contributed by atoms with Gasteiger partial charge in [0.15, 0.2) is 0 Å². The second-order valence-electron chi connectivity index (χ2n) is 3.47. The van der Waals surface area contributed by atoms with Crippen LogP contribution < -0.4 is 5.73 Å². The Hall–Kier alpha value is -0.970. The molecule has 0 aliphatic carbocycles. The molecule has 0 amide bonds. The maximum atomic E-state index is 7.49. The van der Waals surface area contributed by atoms with Gasteiger partial charge in [0, 0.05) is 12.3 Å². The van der Waals surface area contributed by atoms with Crippen LogP contribution in [0.1, 0.15) is 25.1 Å². The number of amidine groups is 1. The molecule has 1 aromatic heterocycles. The van der Waals surface area contributed by atoms with E-state index >= 15 is 0 Å². The topological polar surface area (TPSA) is 67.7 Å². The van der Waals surface area contributed by atoms with Gasteiger partial charge in [-0.2, -0.15) is 5.10 Å². The summed E-state index contributed by atoms with van der Waals surface area (Å²) in [4.78, 5) is 0. The minimum atomic E-state index is 0.0961. The number of hydrogen-bond donors (Lipinski definition) is 2. The van der Waals surface area contributed by atoms with Crippen LogP contribution in [-0.4, -0.2) is 20.9 Å². The average molecular weight is 212 g/mol. The van der Waals surface area contributed by atoms with E-state index in [0.717, 1.165) is 16.3 Å². The predicted octanol–water partition coefficient (Wildman–Crippen LogP) is 1.51. The zero-order chi connectivity index (χ0) is 10.9. The highest BCUT2D eigenvalue weighted by Crippen LogP contribution is 2.27. The van der Waals surface area contributed by atoms with E-state index in [1.165, 1.54) is 0 Å².